The first-order valence-corrected chi connectivity index (χ1v) is 7.20. The summed E-state index contributed by atoms with van der Waals surface area (Å²) < 4.78 is 0. The Bertz CT molecular complexity index is 738. The second-order valence-corrected chi connectivity index (χ2v) is 5.16. The summed E-state index contributed by atoms with van der Waals surface area (Å²) in [7, 11) is 0. The number of nitrogens with zero attached hydrogens (tertiary/aromatic N) is 1. The Morgan fingerprint density at radius 3 is 2.43 bits per heavy atom. The van der Waals surface area contributed by atoms with E-state index in [1.54, 1.807) is 0 Å². The van der Waals surface area contributed by atoms with Gasteiger partial charge in [-0.05, 0) is 30.7 Å². The van der Waals surface area contributed by atoms with Gasteiger partial charge >= 0.3 is 0 Å². The molecule has 4 N–H and O–H groups in total. The Morgan fingerprint density at radius 1 is 0.952 bits per heavy atom. The minimum Gasteiger partial charge on any atom is -0.330 e. The van der Waals surface area contributed by atoms with E-state index in [9.17, 15) is 0 Å². The van der Waals surface area contributed by atoms with Crippen LogP contribution in [0, 0.1) is 0 Å². The molecule has 2 aromatic carbocycles. The monoisotopic (exact) mass is 277 g/mol. The average Bonchev–Trinajstić information content (AvgIpc) is 2.55. The van der Waals surface area contributed by atoms with Gasteiger partial charge in [-0.15, -0.1) is 0 Å². The van der Waals surface area contributed by atoms with Crippen LogP contribution in [-0.2, 0) is 0 Å². The van der Waals surface area contributed by atoms with Crippen LogP contribution in [0.25, 0.3) is 22.2 Å². The summed E-state index contributed by atoms with van der Waals surface area (Å²) in [6.45, 7) is 0.582. The third-order valence-electron chi connectivity index (χ3n) is 3.69. The fourth-order valence-corrected chi connectivity index (χ4v) is 2.60. The maximum absolute atomic E-state index is 6.31. The largest absolute Gasteiger partial charge is 0.330 e. The number of para-hydroxylation sites is 1. The van der Waals surface area contributed by atoms with Gasteiger partial charge in [-0.25, -0.2) is 4.98 Å². The number of aromatic nitrogens is 1. The second-order valence-electron chi connectivity index (χ2n) is 5.16. The van der Waals surface area contributed by atoms with Crippen LogP contribution in [0.3, 0.4) is 0 Å². The zero-order valence-corrected chi connectivity index (χ0v) is 11.9. The van der Waals surface area contributed by atoms with E-state index < -0.39 is 0 Å². The molecule has 1 aromatic heterocycles. The van der Waals surface area contributed by atoms with Gasteiger partial charge in [-0.1, -0.05) is 48.5 Å². The van der Waals surface area contributed by atoms with E-state index in [2.05, 4.69) is 24.3 Å². The van der Waals surface area contributed by atoms with Crippen LogP contribution in [0.5, 0.6) is 0 Å². The highest BCUT2D eigenvalue weighted by Crippen LogP contribution is 2.28. The van der Waals surface area contributed by atoms with Crippen molar-refractivity contribution in [3.05, 3.63) is 66.2 Å². The van der Waals surface area contributed by atoms with Crippen molar-refractivity contribution in [2.45, 2.75) is 12.5 Å². The van der Waals surface area contributed by atoms with Crippen molar-refractivity contribution in [3.8, 4) is 11.3 Å². The standard InChI is InChI=1S/C18H19N3/c19-11-10-16(20)15-12-18(13-6-2-1-3-7-13)21-17-9-5-4-8-14(15)17/h1-9,12,16H,10-11,19-20H2. The summed E-state index contributed by atoms with van der Waals surface area (Å²) in [4.78, 5) is 4.76. The third kappa shape index (κ3) is 2.79. The van der Waals surface area contributed by atoms with Gasteiger partial charge < -0.3 is 11.5 Å². The van der Waals surface area contributed by atoms with Gasteiger partial charge in [0.15, 0.2) is 0 Å². The second kappa shape index (κ2) is 6.04. The SMILES string of the molecule is NCCC(N)c1cc(-c2ccccc2)nc2ccccc12. The molecule has 3 rings (SSSR count). The lowest BCUT2D eigenvalue weighted by atomic mass is 9.97. The smallest absolute Gasteiger partial charge is 0.0713 e. The van der Waals surface area contributed by atoms with Gasteiger partial charge in [0.1, 0.15) is 0 Å². The number of hydrogen-bond acceptors (Lipinski definition) is 3. The number of hydrogen-bond donors (Lipinski definition) is 2. The molecule has 3 aromatic rings. The molecule has 0 saturated carbocycles. The van der Waals surface area contributed by atoms with Gasteiger partial charge in [0.2, 0.25) is 0 Å². The molecule has 1 unspecified atom stereocenters. The molecule has 21 heavy (non-hydrogen) atoms. The fraction of sp³-hybridized carbons (Fsp3) is 0.167. The van der Waals surface area contributed by atoms with E-state index in [1.165, 1.54) is 0 Å². The van der Waals surface area contributed by atoms with Crippen molar-refractivity contribution >= 4 is 10.9 Å². The van der Waals surface area contributed by atoms with Crippen molar-refractivity contribution < 1.29 is 0 Å². The molecule has 0 aliphatic carbocycles. The summed E-state index contributed by atoms with van der Waals surface area (Å²) in [5.41, 5.74) is 16.1. The molecule has 0 fully saturated rings. The van der Waals surface area contributed by atoms with Gasteiger partial charge in [0.05, 0.1) is 11.2 Å². The van der Waals surface area contributed by atoms with E-state index in [-0.39, 0.29) is 6.04 Å². The number of nitrogens with two attached hydrogens (primary N) is 2. The number of fused-ring (bicyclic) bond motifs is 1. The molecule has 1 heterocycles. The molecule has 0 radical (unpaired) electrons. The third-order valence-corrected chi connectivity index (χ3v) is 3.69. The lowest BCUT2D eigenvalue weighted by Crippen LogP contribution is -2.16. The predicted octanol–water partition coefficient (Wildman–Crippen LogP) is 3.25. The first kappa shape index (κ1) is 13.7. The van der Waals surface area contributed by atoms with Crippen LogP contribution in [-0.4, -0.2) is 11.5 Å². The van der Waals surface area contributed by atoms with Crippen LogP contribution in [0.2, 0.25) is 0 Å². The van der Waals surface area contributed by atoms with Crippen molar-refractivity contribution in [2.24, 2.45) is 11.5 Å². The van der Waals surface area contributed by atoms with Crippen molar-refractivity contribution in [1.82, 2.24) is 4.98 Å². The highest BCUT2D eigenvalue weighted by atomic mass is 14.7. The van der Waals surface area contributed by atoms with E-state index >= 15 is 0 Å². The van der Waals surface area contributed by atoms with Crippen molar-refractivity contribution in [1.29, 1.82) is 0 Å². The van der Waals surface area contributed by atoms with E-state index in [0.717, 1.165) is 34.1 Å². The normalized spacial score (nSPS) is 12.5. The topological polar surface area (TPSA) is 64.9 Å². The molecular formula is C18H19N3. The molecule has 0 amide bonds. The van der Waals surface area contributed by atoms with E-state index in [0.29, 0.717) is 6.54 Å². The first-order chi connectivity index (χ1) is 10.3. The van der Waals surface area contributed by atoms with Crippen LogP contribution in [0.1, 0.15) is 18.0 Å². The molecule has 3 nitrogen and oxygen atoms in total. The van der Waals surface area contributed by atoms with E-state index in [1.807, 2.05) is 36.4 Å². The summed E-state index contributed by atoms with van der Waals surface area (Å²) in [6.07, 6.45) is 0.766. The molecule has 0 saturated heterocycles. The highest BCUT2D eigenvalue weighted by Gasteiger charge is 2.12. The van der Waals surface area contributed by atoms with Gasteiger partial charge in [0, 0.05) is 17.0 Å². The quantitative estimate of drug-likeness (QED) is 0.769. The van der Waals surface area contributed by atoms with Crippen molar-refractivity contribution in [3.63, 3.8) is 0 Å². The lowest BCUT2D eigenvalue weighted by molar-refractivity contribution is 0.665. The molecule has 0 spiro atoms. The molecule has 1 atom stereocenters. The summed E-state index contributed by atoms with van der Waals surface area (Å²) in [5, 5.41) is 1.11. The van der Waals surface area contributed by atoms with Crippen LogP contribution < -0.4 is 11.5 Å². The number of benzene rings is 2. The Kier molecular flexibility index (Phi) is 3.95. The molecule has 3 heteroatoms. The number of rotatable bonds is 4. The fourth-order valence-electron chi connectivity index (χ4n) is 2.60. The summed E-state index contributed by atoms with van der Waals surface area (Å²) in [5.74, 6) is 0. The minimum absolute atomic E-state index is 0.0645. The Morgan fingerprint density at radius 2 is 1.67 bits per heavy atom. The Balaban J connectivity index is 2.19. The minimum atomic E-state index is -0.0645. The highest BCUT2D eigenvalue weighted by molar-refractivity contribution is 5.85. The molecule has 0 aliphatic rings. The molecular weight excluding hydrogens is 258 g/mol. The Labute approximate surface area is 124 Å². The van der Waals surface area contributed by atoms with Gasteiger partial charge in [-0.3, -0.25) is 0 Å². The Hall–Kier alpha value is -2.23. The molecule has 106 valence electrons. The van der Waals surface area contributed by atoms with Gasteiger partial charge in [-0.2, -0.15) is 0 Å². The van der Waals surface area contributed by atoms with Crippen LogP contribution in [0.15, 0.2) is 60.7 Å². The van der Waals surface area contributed by atoms with Gasteiger partial charge in [0.25, 0.3) is 0 Å². The lowest BCUT2D eigenvalue weighted by Gasteiger charge is -2.15. The maximum Gasteiger partial charge on any atom is 0.0713 e. The van der Waals surface area contributed by atoms with E-state index in [4.69, 9.17) is 16.5 Å². The zero-order valence-electron chi connectivity index (χ0n) is 11.9. The number of pyridine rings is 1. The molecule has 0 bridgehead atoms. The summed E-state index contributed by atoms with van der Waals surface area (Å²) >= 11 is 0. The maximum atomic E-state index is 6.31. The zero-order chi connectivity index (χ0) is 14.7. The summed E-state index contributed by atoms with van der Waals surface area (Å²) in [6, 6.07) is 20.3. The average molecular weight is 277 g/mol. The first-order valence-electron chi connectivity index (χ1n) is 7.20. The molecule has 0 aliphatic heterocycles. The van der Waals surface area contributed by atoms with Crippen LogP contribution >= 0.6 is 0 Å². The van der Waals surface area contributed by atoms with Crippen molar-refractivity contribution in [2.75, 3.05) is 6.54 Å². The van der Waals surface area contributed by atoms with Crippen LogP contribution in [0.4, 0.5) is 0 Å². The predicted molar refractivity (Wildman–Crippen MR) is 87.8 cm³/mol.